The van der Waals surface area contributed by atoms with Crippen LogP contribution in [0.3, 0.4) is 0 Å². The fourth-order valence-corrected chi connectivity index (χ4v) is 2.03. The van der Waals surface area contributed by atoms with Gasteiger partial charge in [-0.1, -0.05) is 6.07 Å². The van der Waals surface area contributed by atoms with Gasteiger partial charge in [-0.3, -0.25) is 0 Å². The maximum atomic E-state index is 12.7. The number of fused-ring (bicyclic) bond motifs is 1. The molecule has 1 heterocycles. The Balaban J connectivity index is 2.43. The Morgan fingerprint density at radius 3 is 2.28 bits per heavy atom. The lowest BCUT2D eigenvalue weighted by atomic mass is 9.89. The van der Waals surface area contributed by atoms with E-state index in [0.29, 0.717) is 6.07 Å². The van der Waals surface area contributed by atoms with Gasteiger partial charge in [0.1, 0.15) is 0 Å². The average Bonchev–Trinajstić information content (AvgIpc) is 2.25. The quantitative estimate of drug-likeness (QED) is 0.711. The van der Waals surface area contributed by atoms with Crippen molar-refractivity contribution in [1.82, 2.24) is 5.32 Å². The highest BCUT2D eigenvalue weighted by Crippen LogP contribution is 2.40. The van der Waals surface area contributed by atoms with E-state index in [1.807, 2.05) is 0 Å². The van der Waals surface area contributed by atoms with Crippen LogP contribution in [0.2, 0.25) is 0 Å². The Morgan fingerprint density at radius 2 is 1.72 bits per heavy atom. The summed E-state index contributed by atoms with van der Waals surface area (Å²) in [6, 6.07) is 2.40. The molecule has 0 saturated carbocycles. The normalized spacial score (nSPS) is 20.7. The first kappa shape index (κ1) is 13.2. The predicted octanol–water partition coefficient (Wildman–Crippen LogP) is 3.45. The summed E-state index contributed by atoms with van der Waals surface area (Å²) in [5, 5.41) is 2.49. The summed E-state index contributed by atoms with van der Waals surface area (Å²) in [5.74, 6) is -1.75. The molecule has 0 aromatic heterocycles. The van der Waals surface area contributed by atoms with Crippen LogP contribution in [0.4, 0.5) is 26.3 Å². The summed E-state index contributed by atoms with van der Waals surface area (Å²) < 4.78 is 75.4. The Labute approximate surface area is 98.8 Å². The molecule has 1 nitrogen and oxygen atoms in total. The fraction of sp³-hybridized carbons (Fsp3) is 0.455. The van der Waals surface area contributed by atoms with E-state index in [4.69, 9.17) is 0 Å². The van der Waals surface area contributed by atoms with E-state index in [1.54, 1.807) is 0 Å². The Hall–Kier alpha value is -1.24. The zero-order chi connectivity index (χ0) is 13.6. The second kappa shape index (κ2) is 4.15. The zero-order valence-corrected chi connectivity index (χ0v) is 8.99. The molecule has 0 aliphatic carbocycles. The van der Waals surface area contributed by atoms with E-state index in [9.17, 15) is 26.3 Å². The molecule has 0 spiro atoms. The van der Waals surface area contributed by atoms with Crippen molar-refractivity contribution in [2.75, 3.05) is 6.54 Å². The van der Waals surface area contributed by atoms with E-state index in [1.165, 1.54) is 0 Å². The molecule has 0 amide bonds. The molecule has 0 saturated heterocycles. The SMILES string of the molecule is FC(F)(F)c1ccc2c(c1)CNCC2C(F)(F)F. The molecule has 1 aliphatic rings. The number of halogens is 6. The van der Waals surface area contributed by atoms with Crippen LogP contribution < -0.4 is 5.32 Å². The second-order valence-corrected chi connectivity index (χ2v) is 4.14. The smallest absolute Gasteiger partial charge is 0.312 e. The van der Waals surface area contributed by atoms with Gasteiger partial charge >= 0.3 is 12.4 Å². The van der Waals surface area contributed by atoms with Crippen molar-refractivity contribution >= 4 is 0 Å². The van der Waals surface area contributed by atoms with Gasteiger partial charge in [0.25, 0.3) is 0 Å². The number of rotatable bonds is 0. The van der Waals surface area contributed by atoms with Crippen molar-refractivity contribution in [2.45, 2.75) is 24.8 Å². The summed E-state index contributed by atoms with van der Waals surface area (Å²) in [6.45, 7) is -0.284. The van der Waals surface area contributed by atoms with Crippen LogP contribution in [0.15, 0.2) is 18.2 Å². The number of hydrogen-bond acceptors (Lipinski definition) is 1. The van der Waals surface area contributed by atoms with Crippen molar-refractivity contribution in [3.8, 4) is 0 Å². The van der Waals surface area contributed by atoms with Gasteiger partial charge in [-0.25, -0.2) is 0 Å². The van der Waals surface area contributed by atoms with E-state index >= 15 is 0 Å². The number of benzene rings is 1. The van der Waals surface area contributed by atoms with Gasteiger partial charge in [0.2, 0.25) is 0 Å². The molecule has 1 N–H and O–H groups in total. The number of nitrogens with one attached hydrogen (secondary N) is 1. The minimum atomic E-state index is -4.54. The largest absolute Gasteiger partial charge is 0.416 e. The van der Waals surface area contributed by atoms with Gasteiger partial charge < -0.3 is 5.32 Å². The molecule has 1 aromatic carbocycles. The van der Waals surface area contributed by atoms with Gasteiger partial charge in [0.15, 0.2) is 0 Å². The molecule has 0 fully saturated rings. The van der Waals surface area contributed by atoms with E-state index < -0.39 is 23.8 Å². The monoisotopic (exact) mass is 269 g/mol. The molecule has 1 aliphatic heterocycles. The minimum Gasteiger partial charge on any atom is -0.312 e. The first-order valence-electron chi connectivity index (χ1n) is 5.17. The van der Waals surface area contributed by atoms with Crippen molar-refractivity contribution in [1.29, 1.82) is 0 Å². The van der Waals surface area contributed by atoms with Gasteiger partial charge in [-0.15, -0.1) is 0 Å². The average molecular weight is 269 g/mol. The lowest BCUT2D eigenvalue weighted by molar-refractivity contribution is -0.150. The first-order chi connectivity index (χ1) is 8.19. The summed E-state index contributed by atoms with van der Waals surface area (Å²) in [7, 11) is 0. The van der Waals surface area contributed by atoms with Crippen LogP contribution in [0.5, 0.6) is 0 Å². The van der Waals surface area contributed by atoms with Crippen LogP contribution in [-0.2, 0) is 12.7 Å². The van der Waals surface area contributed by atoms with Crippen LogP contribution in [0.1, 0.15) is 22.6 Å². The summed E-state index contributed by atoms with van der Waals surface area (Å²) in [6.07, 6.45) is -9.00. The molecule has 0 bridgehead atoms. The van der Waals surface area contributed by atoms with Crippen LogP contribution in [0, 0.1) is 0 Å². The Bertz CT molecular complexity index is 448. The van der Waals surface area contributed by atoms with Crippen LogP contribution >= 0.6 is 0 Å². The molecule has 1 unspecified atom stereocenters. The first-order valence-corrected chi connectivity index (χ1v) is 5.17. The van der Waals surface area contributed by atoms with Gasteiger partial charge in [-0.05, 0) is 23.3 Å². The molecule has 7 heteroatoms. The molecule has 2 rings (SSSR count). The maximum absolute atomic E-state index is 12.7. The van der Waals surface area contributed by atoms with Crippen molar-refractivity contribution < 1.29 is 26.3 Å². The highest BCUT2D eigenvalue weighted by molar-refractivity contribution is 5.38. The lowest BCUT2D eigenvalue weighted by Gasteiger charge is -2.28. The highest BCUT2D eigenvalue weighted by Gasteiger charge is 2.43. The third-order valence-electron chi connectivity index (χ3n) is 2.90. The molecule has 18 heavy (non-hydrogen) atoms. The van der Waals surface area contributed by atoms with E-state index in [2.05, 4.69) is 5.32 Å². The molecule has 0 radical (unpaired) electrons. The number of hydrogen-bond donors (Lipinski definition) is 1. The summed E-state index contributed by atoms with van der Waals surface area (Å²) >= 11 is 0. The summed E-state index contributed by atoms with van der Waals surface area (Å²) in [4.78, 5) is 0. The van der Waals surface area contributed by atoms with Crippen molar-refractivity contribution in [3.05, 3.63) is 34.9 Å². The van der Waals surface area contributed by atoms with Crippen LogP contribution in [0.25, 0.3) is 0 Å². The third kappa shape index (κ3) is 2.45. The standard InChI is InChI=1S/C11H9F6N/c12-10(13,14)7-1-2-8-6(3-7)4-18-5-9(8)11(15,16)17/h1-3,9,18H,4-5H2. The molecular weight excluding hydrogens is 260 g/mol. The maximum Gasteiger partial charge on any atom is 0.416 e. The number of alkyl halides is 6. The van der Waals surface area contributed by atoms with E-state index in [-0.39, 0.29) is 24.2 Å². The minimum absolute atomic E-state index is 0.0197. The van der Waals surface area contributed by atoms with Gasteiger partial charge in [0, 0.05) is 13.1 Å². The van der Waals surface area contributed by atoms with Crippen molar-refractivity contribution in [2.24, 2.45) is 0 Å². The van der Waals surface area contributed by atoms with Crippen LogP contribution in [-0.4, -0.2) is 12.7 Å². The molecular formula is C11H9F6N. The third-order valence-corrected chi connectivity index (χ3v) is 2.90. The molecule has 1 atom stereocenters. The lowest BCUT2D eigenvalue weighted by Crippen LogP contribution is -2.36. The zero-order valence-electron chi connectivity index (χ0n) is 8.99. The highest BCUT2D eigenvalue weighted by atomic mass is 19.4. The van der Waals surface area contributed by atoms with Gasteiger partial charge in [0.05, 0.1) is 11.5 Å². The Kier molecular flexibility index (Phi) is 3.04. The summed E-state index contributed by atoms with van der Waals surface area (Å²) in [5.41, 5.74) is -0.946. The van der Waals surface area contributed by atoms with E-state index in [0.717, 1.165) is 12.1 Å². The second-order valence-electron chi connectivity index (χ2n) is 4.14. The van der Waals surface area contributed by atoms with Gasteiger partial charge in [-0.2, -0.15) is 26.3 Å². The molecule has 100 valence electrons. The fourth-order valence-electron chi connectivity index (χ4n) is 2.03. The Morgan fingerprint density at radius 1 is 1.06 bits per heavy atom. The predicted molar refractivity (Wildman–Crippen MR) is 51.9 cm³/mol. The topological polar surface area (TPSA) is 12.0 Å². The van der Waals surface area contributed by atoms with Crippen molar-refractivity contribution in [3.63, 3.8) is 0 Å². The molecule has 1 aromatic rings.